The number of aromatic nitrogens is 2. The van der Waals surface area contributed by atoms with Gasteiger partial charge in [0.05, 0.1) is 6.26 Å². The van der Waals surface area contributed by atoms with Gasteiger partial charge >= 0.3 is 6.03 Å². The van der Waals surface area contributed by atoms with Crippen LogP contribution in [-0.2, 0) is 23.3 Å². The molecule has 1 N–H and O–H groups in total. The maximum absolute atomic E-state index is 13.0. The first kappa shape index (κ1) is 18.0. The number of furan rings is 1. The number of nitrogens with zero attached hydrogens (tertiary/aromatic N) is 3. The Morgan fingerprint density at radius 1 is 1.18 bits per heavy atom. The van der Waals surface area contributed by atoms with Crippen LogP contribution >= 0.6 is 0 Å². The standard InChI is InChI=1S/C20H20N4O4/c1-3-5-13-7-9-14(10-8-13)20(2)18(25)24(19(26)22-20)12-16-21-17(23-28-16)15-6-4-11-27-15/h4,6-11H,3,5,12H2,1-2H3,(H,22,26). The fourth-order valence-corrected chi connectivity index (χ4v) is 3.29. The number of carbonyl (C=O) groups excluding carboxylic acids is 2. The third-order valence-corrected chi connectivity index (χ3v) is 4.85. The summed E-state index contributed by atoms with van der Waals surface area (Å²) in [5.41, 5.74) is 0.792. The molecule has 1 atom stereocenters. The molecular weight excluding hydrogens is 360 g/mol. The number of imide groups is 1. The Hall–Kier alpha value is -3.42. The predicted molar refractivity (Wildman–Crippen MR) is 98.9 cm³/mol. The molecule has 8 nitrogen and oxygen atoms in total. The van der Waals surface area contributed by atoms with E-state index in [9.17, 15) is 9.59 Å². The van der Waals surface area contributed by atoms with E-state index in [1.54, 1.807) is 19.1 Å². The normalized spacial score (nSPS) is 19.3. The zero-order valence-corrected chi connectivity index (χ0v) is 15.6. The minimum Gasteiger partial charge on any atom is -0.461 e. The lowest BCUT2D eigenvalue weighted by atomic mass is 9.91. The quantitative estimate of drug-likeness (QED) is 0.659. The zero-order valence-electron chi connectivity index (χ0n) is 15.6. The van der Waals surface area contributed by atoms with E-state index in [1.807, 2.05) is 24.3 Å². The highest BCUT2D eigenvalue weighted by molar-refractivity contribution is 6.07. The molecular formula is C20H20N4O4. The largest absolute Gasteiger partial charge is 0.461 e. The summed E-state index contributed by atoms with van der Waals surface area (Å²) < 4.78 is 10.4. The fourth-order valence-electron chi connectivity index (χ4n) is 3.29. The summed E-state index contributed by atoms with van der Waals surface area (Å²) in [5, 5.41) is 6.60. The van der Waals surface area contributed by atoms with E-state index in [-0.39, 0.29) is 24.2 Å². The van der Waals surface area contributed by atoms with Crippen molar-refractivity contribution in [3.8, 4) is 11.6 Å². The molecule has 1 aliphatic heterocycles. The van der Waals surface area contributed by atoms with Gasteiger partial charge in [0.1, 0.15) is 12.1 Å². The average molecular weight is 380 g/mol. The van der Waals surface area contributed by atoms with E-state index in [0.29, 0.717) is 5.76 Å². The van der Waals surface area contributed by atoms with Gasteiger partial charge in [-0.25, -0.2) is 4.79 Å². The summed E-state index contributed by atoms with van der Waals surface area (Å²) >= 11 is 0. The smallest absolute Gasteiger partial charge is 0.325 e. The molecule has 4 rings (SSSR count). The Kier molecular flexibility index (Phi) is 4.46. The maximum Gasteiger partial charge on any atom is 0.325 e. The lowest BCUT2D eigenvalue weighted by Crippen LogP contribution is -2.40. The van der Waals surface area contributed by atoms with Crippen LogP contribution in [0.4, 0.5) is 4.79 Å². The Balaban J connectivity index is 1.53. The topological polar surface area (TPSA) is 101 Å². The Bertz CT molecular complexity index is 994. The van der Waals surface area contributed by atoms with Gasteiger partial charge in [-0.1, -0.05) is 42.8 Å². The fraction of sp³-hybridized carbons (Fsp3) is 0.300. The number of rotatable bonds is 6. The molecule has 0 saturated carbocycles. The van der Waals surface area contributed by atoms with Crippen molar-refractivity contribution in [2.24, 2.45) is 0 Å². The van der Waals surface area contributed by atoms with Crippen molar-refractivity contribution in [3.05, 3.63) is 59.7 Å². The molecule has 1 unspecified atom stereocenters. The van der Waals surface area contributed by atoms with Crippen molar-refractivity contribution in [1.29, 1.82) is 0 Å². The lowest BCUT2D eigenvalue weighted by molar-refractivity contribution is -0.131. The minimum absolute atomic E-state index is 0.109. The minimum atomic E-state index is -1.13. The van der Waals surface area contributed by atoms with Gasteiger partial charge in [-0.3, -0.25) is 9.69 Å². The second kappa shape index (κ2) is 6.95. The molecule has 0 spiro atoms. The molecule has 1 saturated heterocycles. The maximum atomic E-state index is 13.0. The van der Waals surface area contributed by atoms with Crippen LogP contribution in [0.25, 0.3) is 11.6 Å². The number of urea groups is 1. The van der Waals surface area contributed by atoms with Crippen LogP contribution in [0.2, 0.25) is 0 Å². The summed E-state index contributed by atoms with van der Waals surface area (Å²) in [6, 6.07) is 10.6. The number of hydrogen-bond donors (Lipinski definition) is 1. The Morgan fingerprint density at radius 2 is 1.96 bits per heavy atom. The van der Waals surface area contributed by atoms with Gasteiger partial charge in [-0.2, -0.15) is 4.98 Å². The molecule has 1 aromatic carbocycles. The number of aryl methyl sites for hydroxylation is 1. The van der Waals surface area contributed by atoms with Gasteiger partial charge in [0.25, 0.3) is 5.91 Å². The van der Waals surface area contributed by atoms with E-state index in [1.165, 1.54) is 11.8 Å². The molecule has 0 bridgehead atoms. The summed E-state index contributed by atoms with van der Waals surface area (Å²) in [6.45, 7) is 3.70. The lowest BCUT2D eigenvalue weighted by Gasteiger charge is -2.22. The first-order valence-electron chi connectivity index (χ1n) is 9.11. The summed E-state index contributed by atoms with van der Waals surface area (Å²) in [7, 11) is 0. The summed E-state index contributed by atoms with van der Waals surface area (Å²) in [4.78, 5) is 30.8. The van der Waals surface area contributed by atoms with Crippen molar-refractivity contribution >= 4 is 11.9 Å². The highest BCUT2D eigenvalue weighted by atomic mass is 16.5. The van der Waals surface area contributed by atoms with E-state index in [4.69, 9.17) is 8.94 Å². The van der Waals surface area contributed by atoms with Crippen LogP contribution in [-0.4, -0.2) is 27.0 Å². The first-order valence-corrected chi connectivity index (χ1v) is 9.11. The second-order valence-electron chi connectivity index (χ2n) is 6.88. The zero-order chi connectivity index (χ0) is 19.7. The molecule has 3 aromatic rings. The number of hydrogen-bond acceptors (Lipinski definition) is 6. The SMILES string of the molecule is CCCc1ccc(C2(C)NC(=O)N(Cc3nc(-c4ccco4)no3)C2=O)cc1. The van der Waals surface area contributed by atoms with Gasteiger partial charge in [-0.15, -0.1) is 0 Å². The first-order chi connectivity index (χ1) is 13.5. The predicted octanol–water partition coefficient (Wildman–Crippen LogP) is 3.25. The van der Waals surface area contributed by atoms with E-state index < -0.39 is 11.6 Å². The Morgan fingerprint density at radius 3 is 2.64 bits per heavy atom. The monoisotopic (exact) mass is 380 g/mol. The number of carbonyl (C=O) groups is 2. The molecule has 0 aliphatic carbocycles. The molecule has 3 amide bonds. The van der Waals surface area contributed by atoms with Gasteiger partial charge in [0.2, 0.25) is 11.7 Å². The average Bonchev–Trinajstić information content (AvgIpc) is 3.41. The van der Waals surface area contributed by atoms with Crippen molar-refractivity contribution in [1.82, 2.24) is 20.4 Å². The highest BCUT2D eigenvalue weighted by Crippen LogP contribution is 2.30. The van der Waals surface area contributed by atoms with Crippen molar-refractivity contribution in [2.45, 2.75) is 38.8 Å². The third kappa shape index (κ3) is 3.06. The van der Waals surface area contributed by atoms with Crippen LogP contribution in [0.3, 0.4) is 0 Å². The molecule has 0 radical (unpaired) electrons. The molecule has 28 heavy (non-hydrogen) atoms. The van der Waals surface area contributed by atoms with Crippen molar-refractivity contribution in [2.75, 3.05) is 0 Å². The van der Waals surface area contributed by atoms with Gasteiger partial charge in [-0.05, 0) is 36.6 Å². The number of benzene rings is 1. The molecule has 1 fully saturated rings. The van der Waals surface area contributed by atoms with Gasteiger partial charge in [0, 0.05) is 0 Å². The van der Waals surface area contributed by atoms with Crippen LogP contribution < -0.4 is 5.32 Å². The van der Waals surface area contributed by atoms with Crippen LogP contribution in [0.5, 0.6) is 0 Å². The van der Waals surface area contributed by atoms with E-state index in [0.717, 1.165) is 23.3 Å². The molecule has 3 heterocycles. The molecule has 2 aromatic heterocycles. The molecule has 1 aliphatic rings. The van der Waals surface area contributed by atoms with E-state index >= 15 is 0 Å². The number of amides is 3. The highest BCUT2D eigenvalue weighted by Gasteiger charge is 2.49. The van der Waals surface area contributed by atoms with Crippen molar-refractivity contribution < 1.29 is 18.5 Å². The van der Waals surface area contributed by atoms with Crippen LogP contribution in [0, 0.1) is 0 Å². The summed E-state index contributed by atoms with van der Waals surface area (Å²) in [5.74, 6) is 0.501. The van der Waals surface area contributed by atoms with Crippen molar-refractivity contribution in [3.63, 3.8) is 0 Å². The van der Waals surface area contributed by atoms with Crippen LogP contribution in [0.15, 0.2) is 51.6 Å². The second-order valence-corrected chi connectivity index (χ2v) is 6.88. The van der Waals surface area contributed by atoms with Gasteiger partial charge < -0.3 is 14.3 Å². The third-order valence-electron chi connectivity index (χ3n) is 4.85. The van der Waals surface area contributed by atoms with Gasteiger partial charge in [0.15, 0.2) is 5.76 Å². The molecule has 144 valence electrons. The molecule has 8 heteroatoms. The van der Waals surface area contributed by atoms with E-state index in [2.05, 4.69) is 22.4 Å². The number of nitrogens with one attached hydrogen (secondary N) is 1. The Labute approximate surface area is 161 Å². The van der Waals surface area contributed by atoms with Crippen LogP contribution in [0.1, 0.15) is 37.3 Å². The summed E-state index contributed by atoms with van der Waals surface area (Å²) in [6.07, 6.45) is 3.52.